The van der Waals surface area contributed by atoms with E-state index in [1.54, 1.807) is 6.07 Å². The monoisotopic (exact) mass is 285 g/mol. The predicted octanol–water partition coefficient (Wildman–Crippen LogP) is 2.23. The van der Waals surface area contributed by atoms with Crippen molar-refractivity contribution in [3.8, 4) is 0 Å². The van der Waals surface area contributed by atoms with Gasteiger partial charge in [0.15, 0.2) is 0 Å². The van der Waals surface area contributed by atoms with E-state index in [-0.39, 0.29) is 10.3 Å². The maximum atomic E-state index is 12.1. The minimum atomic E-state index is -3.47. The molecule has 0 aliphatic rings. The molecule has 1 rings (SSSR count). The fourth-order valence-corrected chi connectivity index (χ4v) is 2.62. The van der Waals surface area contributed by atoms with Gasteiger partial charge in [-0.25, -0.2) is 18.1 Å². The predicted molar refractivity (Wildman–Crippen MR) is 77.7 cm³/mol. The summed E-state index contributed by atoms with van der Waals surface area (Å²) in [5.74, 6) is 0.584. The molecule has 1 aromatic heterocycles. The molecule has 0 aliphatic carbocycles. The topological polar surface area (TPSA) is 71.1 Å². The Morgan fingerprint density at radius 3 is 2.58 bits per heavy atom. The van der Waals surface area contributed by atoms with Crippen molar-refractivity contribution >= 4 is 15.8 Å². The van der Waals surface area contributed by atoms with E-state index in [2.05, 4.69) is 15.0 Å². The second kappa shape index (κ2) is 6.34. The minimum absolute atomic E-state index is 0.0939. The SMILES string of the molecule is CCCNc1cc(S(=O)(=O)NCC(C)(C)C)ccn1. The lowest BCUT2D eigenvalue weighted by atomic mass is 9.98. The van der Waals surface area contributed by atoms with E-state index in [1.165, 1.54) is 12.3 Å². The minimum Gasteiger partial charge on any atom is -0.370 e. The molecule has 0 bridgehead atoms. The van der Waals surface area contributed by atoms with Gasteiger partial charge in [0, 0.05) is 25.4 Å². The summed E-state index contributed by atoms with van der Waals surface area (Å²) in [6.07, 6.45) is 2.46. The number of sulfonamides is 1. The molecule has 0 unspecified atom stereocenters. The number of hydrogen-bond donors (Lipinski definition) is 2. The van der Waals surface area contributed by atoms with Crippen LogP contribution in [0.15, 0.2) is 23.2 Å². The zero-order valence-corrected chi connectivity index (χ0v) is 12.8. The van der Waals surface area contributed by atoms with Crippen LogP contribution >= 0.6 is 0 Å². The Kier molecular flexibility index (Phi) is 5.31. The van der Waals surface area contributed by atoms with Crippen molar-refractivity contribution in [2.45, 2.75) is 39.0 Å². The van der Waals surface area contributed by atoms with Crippen molar-refractivity contribution in [1.29, 1.82) is 0 Å². The smallest absolute Gasteiger partial charge is 0.240 e. The third-order valence-electron chi connectivity index (χ3n) is 2.39. The summed E-state index contributed by atoms with van der Waals surface area (Å²) in [7, 11) is -3.47. The molecule has 0 atom stereocenters. The zero-order valence-electron chi connectivity index (χ0n) is 12.0. The summed E-state index contributed by atoms with van der Waals surface area (Å²) in [5, 5.41) is 3.08. The quantitative estimate of drug-likeness (QED) is 0.841. The number of hydrogen-bond acceptors (Lipinski definition) is 4. The molecule has 6 heteroatoms. The Balaban J connectivity index is 2.83. The fourth-order valence-electron chi connectivity index (χ4n) is 1.32. The van der Waals surface area contributed by atoms with E-state index in [1.807, 2.05) is 27.7 Å². The molecule has 0 amide bonds. The van der Waals surface area contributed by atoms with Crippen molar-refractivity contribution in [2.75, 3.05) is 18.4 Å². The lowest BCUT2D eigenvalue weighted by Crippen LogP contribution is -2.32. The highest BCUT2D eigenvalue weighted by molar-refractivity contribution is 7.89. The largest absolute Gasteiger partial charge is 0.370 e. The van der Waals surface area contributed by atoms with Crippen LogP contribution in [0.2, 0.25) is 0 Å². The lowest BCUT2D eigenvalue weighted by molar-refractivity contribution is 0.407. The summed E-state index contributed by atoms with van der Waals surface area (Å²) in [4.78, 5) is 4.34. The third-order valence-corrected chi connectivity index (χ3v) is 3.79. The van der Waals surface area contributed by atoms with Gasteiger partial charge in [0.25, 0.3) is 0 Å². The van der Waals surface area contributed by atoms with Gasteiger partial charge < -0.3 is 5.32 Å². The first kappa shape index (κ1) is 15.9. The zero-order chi connectivity index (χ0) is 14.5. The molecule has 108 valence electrons. The number of aromatic nitrogens is 1. The Morgan fingerprint density at radius 1 is 1.32 bits per heavy atom. The van der Waals surface area contributed by atoms with E-state index < -0.39 is 10.0 Å². The molecule has 1 heterocycles. The summed E-state index contributed by atoms with van der Waals surface area (Å²) >= 11 is 0. The van der Waals surface area contributed by atoms with E-state index >= 15 is 0 Å². The van der Waals surface area contributed by atoms with Crippen molar-refractivity contribution in [3.63, 3.8) is 0 Å². The van der Waals surface area contributed by atoms with Crippen LogP contribution in [0.1, 0.15) is 34.1 Å². The summed E-state index contributed by atoms with van der Waals surface area (Å²) in [6.45, 7) is 9.16. The van der Waals surface area contributed by atoms with E-state index in [4.69, 9.17) is 0 Å². The molecule has 0 fully saturated rings. The second-order valence-electron chi connectivity index (χ2n) is 5.69. The summed E-state index contributed by atoms with van der Waals surface area (Å²) in [5.41, 5.74) is -0.0939. The van der Waals surface area contributed by atoms with E-state index in [0.717, 1.165) is 13.0 Å². The van der Waals surface area contributed by atoms with Crippen molar-refractivity contribution in [2.24, 2.45) is 5.41 Å². The van der Waals surface area contributed by atoms with Crippen LogP contribution in [0.4, 0.5) is 5.82 Å². The molecule has 5 nitrogen and oxygen atoms in total. The van der Waals surface area contributed by atoms with Crippen LogP contribution in [-0.2, 0) is 10.0 Å². The third kappa shape index (κ3) is 5.57. The Bertz CT molecular complexity index is 507. The fraction of sp³-hybridized carbons (Fsp3) is 0.615. The Morgan fingerprint density at radius 2 is 2.00 bits per heavy atom. The first-order chi connectivity index (χ1) is 8.74. The molecule has 0 saturated heterocycles. The van der Waals surface area contributed by atoms with Gasteiger partial charge in [0.2, 0.25) is 10.0 Å². The molecular weight excluding hydrogens is 262 g/mol. The highest BCUT2D eigenvalue weighted by Crippen LogP contribution is 2.15. The lowest BCUT2D eigenvalue weighted by Gasteiger charge is -2.18. The number of pyridine rings is 1. The average Bonchev–Trinajstić information content (AvgIpc) is 2.34. The molecule has 0 radical (unpaired) electrons. The van der Waals surface area contributed by atoms with Gasteiger partial charge in [0.1, 0.15) is 5.82 Å². The van der Waals surface area contributed by atoms with Crippen molar-refractivity contribution in [1.82, 2.24) is 9.71 Å². The molecule has 0 saturated carbocycles. The molecule has 19 heavy (non-hydrogen) atoms. The number of anilines is 1. The average molecular weight is 285 g/mol. The van der Waals surface area contributed by atoms with Crippen molar-refractivity contribution in [3.05, 3.63) is 18.3 Å². The Labute approximate surface area is 115 Å². The van der Waals surface area contributed by atoms with Crippen LogP contribution in [0.5, 0.6) is 0 Å². The van der Waals surface area contributed by atoms with Gasteiger partial charge >= 0.3 is 0 Å². The first-order valence-electron chi connectivity index (χ1n) is 6.44. The van der Waals surface area contributed by atoms with Gasteiger partial charge in [-0.2, -0.15) is 0 Å². The number of nitrogens with one attached hydrogen (secondary N) is 2. The number of rotatable bonds is 6. The molecule has 0 aromatic carbocycles. The van der Waals surface area contributed by atoms with Crippen LogP contribution < -0.4 is 10.0 Å². The molecule has 2 N–H and O–H groups in total. The normalized spacial score (nSPS) is 12.4. The van der Waals surface area contributed by atoms with Gasteiger partial charge in [-0.1, -0.05) is 27.7 Å². The van der Waals surface area contributed by atoms with E-state index in [9.17, 15) is 8.42 Å². The van der Waals surface area contributed by atoms with Gasteiger partial charge in [-0.05, 0) is 17.9 Å². The van der Waals surface area contributed by atoms with Crippen LogP contribution in [0.3, 0.4) is 0 Å². The molecule has 1 aromatic rings. The van der Waals surface area contributed by atoms with Gasteiger partial charge in [-0.3, -0.25) is 0 Å². The van der Waals surface area contributed by atoms with Crippen molar-refractivity contribution < 1.29 is 8.42 Å². The highest BCUT2D eigenvalue weighted by atomic mass is 32.2. The van der Waals surface area contributed by atoms with Gasteiger partial charge in [0.05, 0.1) is 4.90 Å². The Hall–Kier alpha value is -1.14. The summed E-state index contributed by atoms with van der Waals surface area (Å²) < 4.78 is 26.9. The molecular formula is C13H23N3O2S. The standard InChI is InChI=1S/C13H23N3O2S/c1-5-7-14-12-9-11(6-8-15-12)19(17,18)16-10-13(2,3)4/h6,8-9,16H,5,7,10H2,1-4H3,(H,14,15). The summed E-state index contributed by atoms with van der Waals surface area (Å²) in [6, 6.07) is 3.06. The molecule has 0 spiro atoms. The number of nitrogens with zero attached hydrogens (tertiary/aromatic N) is 1. The van der Waals surface area contributed by atoms with Crippen LogP contribution in [-0.4, -0.2) is 26.5 Å². The highest BCUT2D eigenvalue weighted by Gasteiger charge is 2.18. The van der Waals surface area contributed by atoms with Crippen LogP contribution in [0, 0.1) is 5.41 Å². The first-order valence-corrected chi connectivity index (χ1v) is 7.92. The van der Waals surface area contributed by atoms with Gasteiger partial charge in [-0.15, -0.1) is 0 Å². The maximum Gasteiger partial charge on any atom is 0.240 e. The molecule has 0 aliphatic heterocycles. The van der Waals surface area contributed by atoms with Crippen LogP contribution in [0.25, 0.3) is 0 Å². The van der Waals surface area contributed by atoms with E-state index in [0.29, 0.717) is 12.4 Å². The second-order valence-corrected chi connectivity index (χ2v) is 7.46. The maximum absolute atomic E-state index is 12.1.